The Morgan fingerprint density at radius 1 is 1.44 bits per heavy atom. The van der Waals surface area contributed by atoms with Crippen molar-refractivity contribution in [3.63, 3.8) is 0 Å². The third kappa shape index (κ3) is 0.576. The van der Waals surface area contributed by atoms with Crippen molar-refractivity contribution in [1.29, 1.82) is 0 Å². The van der Waals surface area contributed by atoms with Gasteiger partial charge in [0.2, 0.25) is 0 Å². The quantitative estimate of drug-likeness (QED) is 0.462. The Morgan fingerprint density at radius 3 is 2.78 bits per heavy atom. The van der Waals surface area contributed by atoms with Gasteiger partial charge in [-0.3, -0.25) is 0 Å². The minimum atomic E-state index is -0.0967. The minimum Gasteiger partial charge on any atom is -0.207 e. The molecule has 0 spiro atoms. The molecule has 0 N–H and O–H groups in total. The Balaban J connectivity index is 2.34. The molecule has 0 aromatic rings. The first kappa shape index (κ1) is 4.98. The van der Waals surface area contributed by atoms with Crippen molar-refractivity contribution < 1.29 is 4.39 Å². The Kier molecular flexibility index (Phi) is 0.747. The highest BCUT2D eigenvalue weighted by Crippen LogP contribution is 2.44. The second kappa shape index (κ2) is 1.35. The van der Waals surface area contributed by atoms with Crippen molar-refractivity contribution in [1.82, 2.24) is 0 Å². The van der Waals surface area contributed by atoms with Crippen LogP contribution in [0, 0.1) is 5.92 Å². The normalized spacial score (nSPS) is 30.0. The number of allylic oxidation sites excluding steroid dienone is 6. The van der Waals surface area contributed by atoms with E-state index in [0.29, 0.717) is 5.92 Å². The fourth-order valence-corrected chi connectivity index (χ4v) is 1.21. The number of halogens is 1. The molecule has 2 rings (SSSR count). The molecule has 0 aromatic heterocycles. The molecule has 2 aliphatic carbocycles. The van der Waals surface area contributed by atoms with Crippen LogP contribution in [0.1, 0.15) is 6.92 Å². The predicted octanol–water partition coefficient (Wildman–Crippen LogP) is 2.36. The molecule has 0 bridgehead atoms. The van der Waals surface area contributed by atoms with E-state index >= 15 is 0 Å². The van der Waals surface area contributed by atoms with Crippen molar-refractivity contribution in [3.8, 4) is 0 Å². The van der Waals surface area contributed by atoms with Crippen LogP contribution in [0.15, 0.2) is 35.2 Å². The standard InChI is InChI=1S/C8H7F/c1-5-7-3-2-6(9)4-8(5)7/h2-4,8H,1H3. The molecule has 1 atom stereocenters. The fourth-order valence-electron chi connectivity index (χ4n) is 1.21. The van der Waals surface area contributed by atoms with Gasteiger partial charge in [-0.05, 0) is 24.6 Å². The van der Waals surface area contributed by atoms with Gasteiger partial charge in [0.15, 0.2) is 0 Å². The number of fused-ring (bicyclic) bond motifs is 1. The van der Waals surface area contributed by atoms with E-state index < -0.39 is 0 Å². The summed E-state index contributed by atoms with van der Waals surface area (Å²) in [4.78, 5) is 0. The molecular weight excluding hydrogens is 115 g/mol. The molecule has 1 heteroatoms. The molecule has 0 fully saturated rings. The van der Waals surface area contributed by atoms with Crippen LogP contribution >= 0.6 is 0 Å². The van der Waals surface area contributed by atoms with Crippen molar-refractivity contribution >= 4 is 0 Å². The highest BCUT2D eigenvalue weighted by Gasteiger charge is 2.30. The van der Waals surface area contributed by atoms with Crippen LogP contribution in [0.25, 0.3) is 0 Å². The van der Waals surface area contributed by atoms with Crippen LogP contribution in [0.3, 0.4) is 0 Å². The number of hydrogen-bond acceptors (Lipinski definition) is 0. The Labute approximate surface area is 53.4 Å². The van der Waals surface area contributed by atoms with E-state index in [1.807, 2.05) is 13.0 Å². The van der Waals surface area contributed by atoms with Crippen molar-refractivity contribution in [2.75, 3.05) is 0 Å². The van der Waals surface area contributed by atoms with Gasteiger partial charge in [-0.1, -0.05) is 11.6 Å². The van der Waals surface area contributed by atoms with Gasteiger partial charge < -0.3 is 0 Å². The molecule has 0 saturated carbocycles. The fraction of sp³-hybridized carbons (Fsp3) is 0.250. The molecule has 1 unspecified atom stereocenters. The minimum absolute atomic E-state index is 0.0967. The highest BCUT2D eigenvalue weighted by atomic mass is 19.1. The van der Waals surface area contributed by atoms with E-state index in [1.54, 1.807) is 6.08 Å². The summed E-state index contributed by atoms with van der Waals surface area (Å²) in [6.45, 7) is 2.04. The van der Waals surface area contributed by atoms with Gasteiger partial charge in [-0.25, -0.2) is 4.39 Å². The van der Waals surface area contributed by atoms with E-state index in [2.05, 4.69) is 0 Å². The number of rotatable bonds is 0. The Bertz CT molecular complexity index is 243. The van der Waals surface area contributed by atoms with Crippen molar-refractivity contribution in [2.45, 2.75) is 6.92 Å². The summed E-state index contributed by atoms with van der Waals surface area (Å²) in [7, 11) is 0. The summed E-state index contributed by atoms with van der Waals surface area (Å²) in [5, 5.41) is 0. The van der Waals surface area contributed by atoms with Crippen molar-refractivity contribution in [2.24, 2.45) is 5.92 Å². The van der Waals surface area contributed by atoms with Gasteiger partial charge >= 0.3 is 0 Å². The summed E-state index contributed by atoms with van der Waals surface area (Å²) >= 11 is 0. The van der Waals surface area contributed by atoms with Gasteiger partial charge in [0.25, 0.3) is 0 Å². The lowest BCUT2D eigenvalue weighted by molar-refractivity contribution is 0.656. The van der Waals surface area contributed by atoms with Crippen LogP contribution < -0.4 is 0 Å². The summed E-state index contributed by atoms with van der Waals surface area (Å²) in [6.07, 6.45) is 5.03. The molecule has 0 saturated heterocycles. The molecule has 46 valence electrons. The molecule has 0 aromatic carbocycles. The maximum Gasteiger partial charge on any atom is 0.120 e. The van der Waals surface area contributed by atoms with Crippen molar-refractivity contribution in [3.05, 3.63) is 35.2 Å². The smallest absolute Gasteiger partial charge is 0.120 e. The van der Waals surface area contributed by atoms with E-state index in [0.717, 1.165) is 0 Å². The number of hydrogen-bond donors (Lipinski definition) is 0. The third-order valence-electron chi connectivity index (χ3n) is 1.92. The molecule has 2 aliphatic rings. The maximum absolute atomic E-state index is 12.4. The molecule has 0 heterocycles. The van der Waals surface area contributed by atoms with Crippen LogP contribution in [0.5, 0.6) is 0 Å². The van der Waals surface area contributed by atoms with Gasteiger partial charge in [0, 0.05) is 5.92 Å². The third-order valence-corrected chi connectivity index (χ3v) is 1.92. The summed E-state index contributed by atoms with van der Waals surface area (Å²) in [6, 6.07) is 0. The second-order valence-electron chi connectivity index (χ2n) is 2.50. The zero-order valence-electron chi connectivity index (χ0n) is 5.19. The largest absolute Gasteiger partial charge is 0.207 e. The first-order valence-corrected chi connectivity index (χ1v) is 3.05. The molecule has 0 aliphatic heterocycles. The monoisotopic (exact) mass is 122 g/mol. The van der Waals surface area contributed by atoms with Crippen LogP contribution in [0.2, 0.25) is 0 Å². The lowest BCUT2D eigenvalue weighted by atomic mass is 10.1. The molecule has 0 amide bonds. The zero-order chi connectivity index (χ0) is 6.43. The highest BCUT2D eigenvalue weighted by molar-refractivity contribution is 5.55. The Morgan fingerprint density at radius 2 is 2.22 bits per heavy atom. The SMILES string of the molecule is CC1=C2C=CC(F)=CC12. The zero-order valence-corrected chi connectivity index (χ0v) is 5.19. The first-order chi connectivity index (χ1) is 4.29. The average Bonchev–Trinajstić information content (AvgIpc) is 2.43. The van der Waals surface area contributed by atoms with E-state index in [9.17, 15) is 4.39 Å². The predicted molar refractivity (Wildman–Crippen MR) is 34.5 cm³/mol. The van der Waals surface area contributed by atoms with Crippen LogP contribution in [0.4, 0.5) is 4.39 Å². The summed E-state index contributed by atoms with van der Waals surface area (Å²) in [5.74, 6) is 0.260. The van der Waals surface area contributed by atoms with Gasteiger partial charge in [0.1, 0.15) is 5.83 Å². The van der Waals surface area contributed by atoms with Gasteiger partial charge in [-0.2, -0.15) is 0 Å². The van der Waals surface area contributed by atoms with E-state index in [-0.39, 0.29) is 5.83 Å². The molecular formula is C8H7F. The van der Waals surface area contributed by atoms with E-state index in [4.69, 9.17) is 0 Å². The second-order valence-corrected chi connectivity index (χ2v) is 2.50. The lowest BCUT2D eigenvalue weighted by Crippen LogP contribution is -1.80. The summed E-state index contributed by atoms with van der Waals surface area (Å²) in [5.41, 5.74) is 2.62. The molecule has 0 nitrogen and oxygen atoms in total. The Hall–Kier alpha value is -0.850. The average molecular weight is 122 g/mol. The van der Waals surface area contributed by atoms with E-state index in [1.165, 1.54) is 17.2 Å². The molecule has 0 radical (unpaired) electrons. The summed E-state index contributed by atoms with van der Waals surface area (Å²) < 4.78 is 12.4. The van der Waals surface area contributed by atoms with Gasteiger partial charge in [0.05, 0.1) is 0 Å². The maximum atomic E-state index is 12.4. The van der Waals surface area contributed by atoms with Crippen LogP contribution in [-0.2, 0) is 0 Å². The van der Waals surface area contributed by atoms with Crippen LogP contribution in [-0.4, -0.2) is 0 Å². The molecule has 9 heavy (non-hydrogen) atoms. The first-order valence-electron chi connectivity index (χ1n) is 3.05. The van der Waals surface area contributed by atoms with Gasteiger partial charge in [-0.15, -0.1) is 0 Å². The lowest BCUT2D eigenvalue weighted by Gasteiger charge is -1.93. The topological polar surface area (TPSA) is 0 Å².